The van der Waals surface area contributed by atoms with E-state index in [9.17, 15) is 19.7 Å². The van der Waals surface area contributed by atoms with Gasteiger partial charge in [-0.05, 0) is 44.6 Å². The summed E-state index contributed by atoms with van der Waals surface area (Å²) in [5, 5.41) is 14.2. The molecular weight excluding hydrogens is 334 g/mol. The average Bonchev–Trinajstić information content (AvgIpc) is 2.99. The predicted octanol–water partition coefficient (Wildman–Crippen LogP) is 2.95. The number of rotatable bonds is 4. The number of benzene rings is 1. The lowest BCUT2D eigenvalue weighted by Crippen LogP contribution is -2.41. The lowest BCUT2D eigenvalue weighted by Gasteiger charge is -2.27. The molecule has 1 aliphatic carbocycles. The Bertz CT molecular complexity index is 725. The Morgan fingerprint density at radius 2 is 1.96 bits per heavy atom. The normalized spacial score (nSPS) is 26.0. The molecule has 26 heavy (non-hydrogen) atoms. The Morgan fingerprint density at radius 3 is 2.62 bits per heavy atom. The van der Waals surface area contributed by atoms with Crippen LogP contribution in [0.1, 0.15) is 44.6 Å². The molecule has 0 radical (unpaired) electrons. The van der Waals surface area contributed by atoms with Gasteiger partial charge in [-0.1, -0.05) is 13.0 Å². The summed E-state index contributed by atoms with van der Waals surface area (Å²) in [4.78, 5) is 37.1. The molecule has 3 rings (SSSR count). The molecule has 1 N–H and O–H groups in total. The fraction of sp³-hybridized carbons (Fsp3) is 0.579. The number of nitrogens with zero attached hydrogens (tertiary/aromatic N) is 2. The van der Waals surface area contributed by atoms with Crippen molar-refractivity contribution in [1.82, 2.24) is 5.32 Å². The molecule has 7 nitrogen and oxygen atoms in total. The highest BCUT2D eigenvalue weighted by atomic mass is 16.6. The van der Waals surface area contributed by atoms with Gasteiger partial charge in [-0.15, -0.1) is 0 Å². The van der Waals surface area contributed by atoms with Gasteiger partial charge in [-0.2, -0.15) is 0 Å². The van der Waals surface area contributed by atoms with E-state index in [-0.39, 0.29) is 36.5 Å². The zero-order chi connectivity index (χ0) is 18.8. The van der Waals surface area contributed by atoms with Gasteiger partial charge < -0.3 is 10.2 Å². The molecule has 0 aromatic heterocycles. The molecule has 1 saturated heterocycles. The van der Waals surface area contributed by atoms with Crippen LogP contribution < -0.4 is 10.2 Å². The molecule has 2 amide bonds. The number of carbonyl (C=O) groups is 2. The Labute approximate surface area is 152 Å². The Morgan fingerprint density at radius 1 is 1.27 bits per heavy atom. The molecule has 1 heterocycles. The zero-order valence-electron chi connectivity index (χ0n) is 15.2. The second-order valence-electron chi connectivity index (χ2n) is 7.60. The number of amides is 2. The minimum atomic E-state index is -0.451. The highest BCUT2D eigenvalue weighted by molar-refractivity contribution is 6.00. The second kappa shape index (κ2) is 7.43. The van der Waals surface area contributed by atoms with Crippen LogP contribution >= 0.6 is 0 Å². The molecule has 2 fully saturated rings. The van der Waals surface area contributed by atoms with E-state index in [1.54, 1.807) is 19.1 Å². The second-order valence-corrected chi connectivity index (χ2v) is 7.60. The summed E-state index contributed by atoms with van der Waals surface area (Å²) in [5.74, 6) is 0.0637. The topological polar surface area (TPSA) is 92.6 Å². The van der Waals surface area contributed by atoms with E-state index < -0.39 is 10.8 Å². The summed E-state index contributed by atoms with van der Waals surface area (Å²) in [5.41, 5.74) is 1.01. The van der Waals surface area contributed by atoms with E-state index in [0.717, 1.165) is 25.7 Å². The van der Waals surface area contributed by atoms with Crippen LogP contribution in [0.15, 0.2) is 18.2 Å². The number of nitro groups is 1. The summed E-state index contributed by atoms with van der Waals surface area (Å²) in [6, 6.07) is 4.94. The molecule has 0 spiro atoms. The first-order valence-electron chi connectivity index (χ1n) is 9.21. The third-order valence-electron chi connectivity index (χ3n) is 5.56. The zero-order valence-corrected chi connectivity index (χ0v) is 15.2. The van der Waals surface area contributed by atoms with Crippen molar-refractivity contribution in [3.05, 3.63) is 33.9 Å². The SMILES string of the molecule is Cc1ccc(N2C[C@@H](C(=O)NC3CCC(C)CC3)CC2=O)cc1[N+](=O)[O-]. The molecule has 1 aliphatic heterocycles. The number of carbonyl (C=O) groups excluding carboxylic acids is 2. The van der Waals surface area contributed by atoms with E-state index in [2.05, 4.69) is 12.2 Å². The Kier molecular flexibility index (Phi) is 5.25. The fourth-order valence-corrected chi connectivity index (χ4v) is 3.82. The van der Waals surface area contributed by atoms with Gasteiger partial charge in [0.2, 0.25) is 11.8 Å². The van der Waals surface area contributed by atoms with Gasteiger partial charge in [0.05, 0.1) is 16.5 Å². The van der Waals surface area contributed by atoms with Crippen molar-refractivity contribution in [2.75, 3.05) is 11.4 Å². The van der Waals surface area contributed by atoms with Crippen molar-refractivity contribution in [2.45, 2.75) is 52.0 Å². The number of nitro benzene ring substituents is 1. The van der Waals surface area contributed by atoms with Gasteiger partial charge in [0, 0.05) is 30.6 Å². The van der Waals surface area contributed by atoms with Crippen molar-refractivity contribution in [1.29, 1.82) is 0 Å². The summed E-state index contributed by atoms with van der Waals surface area (Å²) in [7, 11) is 0. The van der Waals surface area contributed by atoms with Crippen LogP contribution in [0, 0.1) is 28.9 Å². The quantitative estimate of drug-likeness (QED) is 0.661. The summed E-state index contributed by atoms with van der Waals surface area (Å²) >= 11 is 0. The molecule has 0 unspecified atom stereocenters. The van der Waals surface area contributed by atoms with Gasteiger partial charge in [0.25, 0.3) is 5.69 Å². The van der Waals surface area contributed by atoms with Crippen LogP contribution in [-0.4, -0.2) is 29.3 Å². The van der Waals surface area contributed by atoms with Crippen molar-refractivity contribution in [3.63, 3.8) is 0 Å². The molecular formula is C19H25N3O4. The number of hydrogen-bond donors (Lipinski definition) is 1. The smallest absolute Gasteiger partial charge is 0.274 e. The van der Waals surface area contributed by atoms with Crippen LogP contribution in [0.3, 0.4) is 0 Å². The first-order valence-corrected chi connectivity index (χ1v) is 9.21. The van der Waals surface area contributed by atoms with Gasteiger partial charge in [0.15, 0.2) is 0 Å². The van der Waals surface area contributed by atoms with Crippen LogP contribution in [-0.2, 0) is 9.59 Å². The molecule has 1 atom stereocenters. The summed E-state index contributed by atoms with van der Waals surface area (Å²) < 4.78 is 0. The largest absolute Gasteiger partial charge is 0.353 e. The van der Waals surface area contributed by atoms with Crippen LogP contribution in [0.4, 0.5) is 11.4 Å². The minimum Gasteiger partial charge on any atom is -0.353 e. The van der Waals surface area contributed by atoms with Crippen molar-refractivity contribution in [2.24, 2.45) is 11.8 Å². The Balaban J connectivity index is 1.66. The molecule has 2 aliphatic rings. The number of anilines is 1. The van der Waals surface area contributed by atoms with Crippen LogP contribution in [0.25, 0.3) is 0 Å². The van der Waals surface area contributed by atoms with Crippen molar-refractivity contribution in [3.8, 4) is 0 Å². The molecule has 140 valence electrons. The maximum atomic E-state index is 12.5. The minimum absolute atomic E-state index is 0.0143. The van der Waals surface area contributed by atoms with E-state index in [1.165, 1.54) is 11.0 Å². The van der Waals surface area contributed by atoms with E-state index in [4.69, 9.17) is 0 Å². The highest BCUT2D eigenvalue weighted by Crippen LogP contribution is 2.30. The third kappa shape index (κ3) is 3.86. The number of hydrogen-bond acceptors (Lipinski definition) is 4. The summed E-state index contributed by atoms with van der Waals surface area (Å²) in [6.45, 7) is 4.16. The molecule has 1 saturated carbocycles. The van der Waals surface area contributed by atoms with Gasteiger partial charge in [-0.25, -0.2) is 0 Å². The van der Waals surface area contributed by atoms with Crippen LogP contribution in [0.2, 0.25) is 0 Å². The molecule has 0 bridgehead atoms. The average molecular weight is 359 g/mol. The number of nitrogens with one attached hydrogen (secondary N) is 1. The summed E-state index contributed by atoms with van der Waals surface area (Å²) in [6.07, 6.45) is 4.36. The first kappa shape index (κ1) is 18.4. The molecule has 1 aromatic carbocycles. The Hall–Kier alpha value is -2.44. The van der Waals surface area contributed by atoms with E-state index in [1.807, 2.05) is 0 Å². The van der Waals surface area contributed by atoms with Crippen molar-refractivity contribution < 1.29 is 14.5 Å². The van der Waals surface area contributed by atoms with Crippen molar-refractivity contribution >= 4 is 23.2 Å². The highest BCUT2D eigenvalue weighted by Gasteiger charge is 2.36. The molecule has 1 aromatic rings. The lowest BCUT2D eigenvalue weighted by atomic mass is 9.87. The van der Waals surface area contributed by atoms with Crippen LogP contribution in [0.5, 0.6) is 0 Å². The van der Waals surface area contributed by atoms with E-state index >= 15 is 0 Å². The third-order valence-corrected chi connectivity index (χ3v) is 5.56. The monoisotopic (exact) mass is 359 g/mol. The maximum Gasteiger partial charge on any atom is 0.274 e. The molecule has 7 heteroatoms. The lowest BCUT2D eigenvalue weighted by molar-refractivity contribution is -0.385. The van der Waals surface area contributed by atoms with Gasteiger partial charge in [0.1, 0.15) is 0 Å². The standard InChI is InChI=1S/C19H25N3O4/c1-12-3-6-15(7-4-12)20-19(24)14-9-18(23)21(11-14)16-8-5-13(2)17(10-16)22(25)26/h5,8,10,12,14-15H,3-4,6-7,9,11H2,1-2H3,(H,20,24)/t12?,14-,15?/m0/s1. The van der Waals surface area contributed by atoms with E-state index in [0.29, 0.717) is 17.2 Å². The number of aryl methyl sites for hydroxylation is 1. The maximum absolute atomic E-state index is 12.5. The first-order chi connectivity index (χ1) is 12.3. The van der Waals surface area contributed by atoms with Gasteiger partial charge >= 0.3 is 0 Å². The van der Waals surface area contributed by atoms with Gasteiger partial charge in [-0.3, -0.25) is 19.7 Å². The fourth-order valence-electron chi connectivity index (χ4n) is 3.82. The predicted molar refractivity (Wildman–Crippen MR) is 97.9 cm³/mol.